The zero-order valence-electron chi connectivity index (χ0n) is 9.15. The van der Waals surface area contributed by atoms with Crippen LogP contribution in [0.3, 0.4) is 0 Å². The maximum absolute atomic E-state index is 13.3. The summed E-state index contributed by atoms with van der Waals surface area (Å²) >= 11 is 5.90. The molecule has 4 heteroatoms. The van der Waals surface area contributed by atoms with Crippen molar-refractivity contribution in [3.63, 3.8) is 0 Å². The quantitative estimate of drug-likeness (QED) is 0.769. The molecular weight excluding hydrogens is 253 g/mol. The average Bonchev–Trinajstić information content (AvgIpc) is 2.37. The van der Waals surface area contributed by atoms with Gasteiger partial charge in [-0.1, -0.05) is 17.7 Å². The first-order valence-corrected chi connectivity index (χ1v) is 5.47. The van der Waals surface area contributed by atoms with Gasteiger partial charge in [-0.15, -0.1) is 0 Å². The lowest BCUT2D eigenvalue weighted by atomic mass is 10.0. The highest BCUT2D eigenvalue weighted by Crippen LogP contribution is 2.26. The second-order valence-corrected chi connectivity index (χ2v) is 4.10. The summed E-state index contributed by atoms with van der Waals surface area (Å²) in [5, 5.41) is 9.08. The molecule has 2 aromatic carbocycles. The van der Waals surface area contributed by atoms with E-state index >= 15 is 0 Å². The Kier molecular flexibility index (Phi) is 3.40. The van der Waals surface area contributed by atoms with Gasteiger partial charge in [-0.05, 0) is 41.5 Å². The van der Waals surface area contributed by atoms with E-state index < -0.39 is 5.82 Å². The highest BCUT2D eigenvalue weighted by atomic mass is 35.5. The maximum atomic E-state index is 13.3. The molecule has 0 N–H and O–H groups in total. The van der Waals surface area contributed by atoms with E-state index in [4.69, 9.17) is 16.9 Å². The fourth-order valence-electron chi connectivity index (χ4n) is 1.62. The third kappa shape index (κ3) is 2.39. The van der Waals surface area contributed by atoms with Crippen LogP contribution in [0, 0.1) is 17.1 Å². The summed E-state index contributed by atoms with van der Waals surface area (Å²) in [5.41, 5.74) is 1.81. The fourth-order valence-corrected chi connectivity index (χ4v) is 1.85. The molecule has 2 aromatic rings. The molecule has 0 spiro atoms. The zero-order valence-corrected chi connectivity index (χ0v) is 9.91. The first-order chi connectivity index (χ1) is 8.63. The van der Waals surface area contributed by atoms with Gasteiger partial charge in [0, 0.05) is 5.56 Å². The van der Waals surface area contributed by atoms with Crippen molar-refractivity contribution in [1.82, 2.24) is 0 Å². The number of carbonyl (C=O) groups is 1. The van der Waals surface area contributed by atoms with E-state index in [2.05, 4.69) is 0 Å². The Labute approximate surface area is 108 Å². The summed E-state index contributed by atoms with van der Waals surface area (Å²) in [5.74, 6) is -0.486. The molecule has 0 heterocycles. The van der Waals surface area contributed by atoms with Crippen molar-refractivity contribution in [2.24, 2.45) is 0 Å². The topological polar surface area (TPSA) is 40.9 Å². The molecule has 2 rings (SSSR count). The lowest BCUT2D eigenvalue weighted by Gasteiger charge is -2.04. The van der Waals surface area contributed by atoms with Gasteiger partial charge in [-0.2, -0.15) is 5.26 Å². The number of rotatable bonds is 2. The molecule has 0 saturated heterocycles. The van der Waals surface area contributed by atoms with E-state index in [1.165, 1.54) is 6.07 Å². The average molecular weight is 260 g/mol. The molecule has 0 aliphatic carbocycles. The van der Waals surface area contributed by atoms with Crippen molar-refractivity contribution in [3.8, 4) is 17.2 Å². The second kappa shape index (κ2) is 4.99. The van der Waals surface area contributed by atoms with Crippen LogP contribution in [0.1, 0.15) is 15.9 Å². The van der Waals surface area contributed by atoms with Crippen molar-refractivity contribution in [2.45, 2.75) is 0 Å². The number of hydrogen-bond donors (Lipinski definition) is 0. The Morgan fingerprint density at radius 2 is 1.94 bits per heavy atom. The number of carbonyl (C=O) groups excluding carboxylic acids is 1. The molecule has 0 aliphatic heterocycles. The molecule has 0 atom stereocenters. The number of nitriles is 1. The second-order valence-electron chi connectivity index (χ2n) is 3.69. The Balaban J connectivity index is 2.55. The number of nitrogens with zero attached hydrogens (tertiary/aromatic N) is 1. The zero-order chi connectivity index (χ0) is 13.1. The first-order valence-electron chi connectivity index (χ1n) is 5.10. The molecule has 0 fully saturated rings. The van der Waals surface area contributed by atoms with Gasteiger partial charge in [-0.25, -0.2) is 4.39 Å². The van der Waals surface area contributed by atoms with Gasteiger partial charge in [0.1, 0.15) is 5.82 Å². The monoisotopic (exact) mass is 259 g/mol. The van der Waals surface area contributed by atoms with Gasteiger partial charge in [-0.3, -0.25) is 4.79 Å². The van der Waals surface area contributed by atoms with Crippen LogP contribution in [0.25, 0.3) is 11.1 Å². The number of aldehydes is 1. The highest BCUT2D eigenvalue weighted by Gasteiger charge is 2.06. The maximum Gasteiger partial charge on any atom is 0.151 e. The van der Waals surface area contributed by atoms with Gasteiger partial charge >= 0.3 is 0 Å². The van der Waals surface area contributed by atoms with Gasteiger partial charge in [0.05, 0.1) is 16.7 Å². The van der Waals surface area contributed by atoms with Crippen molar-refractivity contribution in [1.29, 1.82) is 5.26 Å². The standard InChI is InChI=1S/C14H7ClFNO/c15-14-6-10(1-2-11(14)8-18)12-3-9(7-17)4-13(16)5-12/h1-6,8H. The number of benzene rings is 2. The largest absolute Gasteiger partial charge is 0.298 e. The predicted octanol–water partition coefficient (Wildman–Crippen LogP) is 3.83. The van der Waals surface area contributed by atoms with Crippen LogP contribution in [0.15, 0.2) is 36.4 Å². The van der Waals surface area contributed by atoms with Crippen molar-refractivity contribution in [3.05, 3.63) is 58.4 Å². The lowest BCUT2D eigenvalue weighted by Crippen LogP contribution is -1.87. The molecule has 18 heavy (non-hydrogen) atoms. The normalized spacial score (nSPS) is 9.83. The molecule has 88 valence electrons. The SMILES string of the molecule is N#Cc1cc(F)cc(-c2ccc(C=O)c(Cl)c2)c1. The third-order valence-corrected chi connectivity index (χ3v) is 2.81. The minimum absolute atomic E-state index is 0.237. The lowest BCUT2D eigenvalue weighted by molar-refractivity contribution is 0.112. The van der Waals surface area contributed by atoms with E-state index in [1.54, 1.807) is 24.3 Å². The van der Waals surface area contributed by atoms with Crippen LogP contribution in [-0.2, 0) is 0 Å². The summed E-state index contributed by atoms with van der Waals surface area (Å²) in [6, 6.07) is 10.7. The first kappa shape index (κ1) is 12.3. The summed E-state index contributed by atoms with van der Waals surface area (Å²) < 4.78 is 13.3. The van der Waals surface area contributed by atoms with Gasteiger partial charge in [0.15, 0.2) is 6.29 Å². The molecule has 0 bridgehead atoms. The van der Waals surface area contributed by atoms with Crippen LogP contribution in [0.5, 0.6) is 0 Å². The molecule has 0 aliphatic rings. The van der Waals surface area contributed by atoms with E-state index in [0.717, 1.165) is 6.07 Å². The van der Waals surface area contributed by atoms with Crippen LogP contribution >= 0.6 is 11.6 Å². The van der Waals surface area contributed by atoms with E-state index in [9.17, 15) is 9.18 Å². The highest BCUT2D eigenvalue weighted by molar-refractivity contribution is 6.33. The van der Waals surface area contributed by atoms with Gasteiger partial charge in [0.2, 0.25) is 0 Å². The Morgan fingerprint density at radius 1 is 1.17 bits per heavy atom. The molecule has 0 aromatic heterocycles. The summed E-state index contributed by atoms with van der Waals surface area (Å²) in [4.78, 5) is 10.6. The molecule has 0 unspecified atom stereocenters. The van der Waals surface area contributed by atoms with E-state index in [1.807, 2.05) is 6.07 Å². The van der Waals surface area contributed by atoms with Gasteiger partial charge < -0.3 is 0 Å². The Hall–Kier alpha value is -2.18. The summed E-state index contributed by atoms with van der Waals surface area (Å²) in [6.07, 6.45) is 0.651. The fraction of sp³-hybridized carbons (Fsp3) is 0. The molecule has 0 amide bonds. The van der Waals surface area contributed by atoms with E-state index in [0.29, 0.717) is 28.0 Å². The van der Waals surface area contributed by atoms with Crippen LogP contribution < -0.4 is 0 Å². The number of hydrogen-bond acceptors (Lipinski definition) is 2. The minimum atomic E-state index is -0.486. The summed E-state index contributed by atoms with van der Waals surface area (Å²) in [7, 11) is 0. The predicted molar refractivity (Wildman–Crippen MR) is 66.9 cm³/mol. The van der Waals surface area contributed by atoms with Gasteiger partial charge in [0.25, 0.3) is 0 Å². The minimum Gasteiger partial charge on any atom is -0.298 e. The molecule has 0 saturated carbocycles. The molecule has 0 radical (unpaired) electrons. The Bertz CT molecular complexity index is 661. The van der Waals surface area contributed by atoms with Crippen LogP contribution in [0.4, 0.5) is 4.39 Å². The van der Waals surface area contributed by atoms with Crippen molar-refractivity contribution >= 4 is 17.9 Å². The smallest absolute Gasteiger partial charge is 0.151 e. The van der Waals surface area contributed by atoms with Crippen molar-refractivity contribution in [2.75, 3.05) is 0 Å². The van der Waals surface area contributed by atoms with Crippen LogP contribution in [-0.4, -0.2) is 6.29 Å². The third-order valence-electron chi connectivity index (χ3n) is 2.49. The molecular formula is C14H7ClFNO. The molecule has 2 nitrogen and oxygen atoms in total. The number of halogens is 2. The Morgan fingerprint density at radius 3 is 2.56 bits per heavy atom. The summed E-state index contributed by atoms with van der Waals surface area (Å²) in [6.45, 7) is 0. The van der Waals surface area contributed by atoms with E-state index in [-0.39, 0.29) is 5.56 Å². The van der Waals surface area contributed by atoms with Crippen molar-refractivity contribution < 1.29 is 9.18 Å². The van der Waals surface area contributed by atoms with Crippen LogP contribution in [0.2, 0.25) is 5.02 Å².